The molecule has 0 radical (unpaired) electrons. The summed E-state index contributed by atoms with van der Waals surface area (Å²) in [4.78, 5) is 27.5. The second kappa shape index (κ2) is 11.3. The molecule has 4 rings (SSSR count). The molecule has 1 atom stereocenters. The Morgan fingerprint density at radius 1 is 0.912 bits per heavy atom. The zero-order chi connectivity index (χ0) is 23.9. The van der Waals surface area contributed by atoms with Crippen LogP contribution in [0.15, 0.2) is 78.9 Å². The minimum Gasteiger partial charge on any atom is -0.490 e. The molecule has 1 fully saturated rings. The maximum atomic E-state index is 12.9. The number of carbonyl (C=O) groups is 2. The second-order valence-corrected chi connectivity index (χ2v) is 8.99. The number of amides is 1. The number of benzene rings is 3. The van der Waals surface area contributed by atoms with Crippen molar-refractivity contribution < 1.29 is 19.4 Å². The van der Waals surface area contributed by atoms with Gasteiger partial charge in [0.05, 0.1) is 6.61 Å². The van der Waals surface area contributed by atoms with Crippen molar-refractivity contribution in [1.82, 2.24) is 4.90 Å². The van der Waals surface area contributed by atoms with Gasteiger partial charge in [-0.25, -0.2) is 0 Å². The lowest BCUT2D eigenvalue weighted by molar-refractivity contribution is 0.0595. The standard InChI is InChI=1S/C28H28ClNO4/c29-24-10-12-25(13-11-24)34-26-14-16-30(17-15-26)28(33)22-8-6-21(7-9-22)27(32)18-23(19-31)20-4-2-1-3-5-20/h1-13,23,26,31H,14-19H2/t23-/m1/s1. The van der Waals surface area contributed by atoms with E-state index in [1.165, 1.54) is 0 Å². The van der Waals surface area contributed by atoms with Gasteiger partial charge in [-0.1, -0.05) is 54.1 Å². The number of nitrogens with zero attached hydrogens (tertiary/aromatic N) is 1. The number of aliphatic hydroxyl groups is 1. The Hall–Kier alpha value is -3.15. The van der Waals surface area contributed by atoms with Gasteiger partial charge < -0.3 is 14.7 Å². The molecular formula is C28H28ClNO4. The third-order valence-corrected chi connectivity index (χ3v) is 6.47. The number of rotatable bonds is 8. The average Bonchev–Trinajstić information content (AvgIpc) is 2.89. The van der Waals surface area contributed by atoms with E-state index in [2.05, 4.69) is 0 Å². The lowest BCUT2D eigenvalue weighted by atomic mass is 9.92. The van der Waals surface area contributed by atoms with Gasteiger partial charge in [0.1, 0.15) is 11.9 Å². The number of hydrogen-bond acceptors (Lipinski definition) is 4. The molecule has 3 aromatic rings. The largest absolute Gasteiger partial charge is 0.490 e. The van der Waals surface area contributed by atoms with Gasteiger partial charge in [0.15, 0.2) is 5.78 Å². The van der Waals surface area contributed by atoms with E-state index in [0.29, 0.717) is 29.2 Å². The van der Waals surface area contributed by atoms with Crippen LogP contribution in [0.25, 0.3) is 0 Å². The molecule has 176 valence electrons. The maximum Gasteiger partial charge on any atom is 0.253 e. The molecule has 6 heteroatoms. The zero-order valence-corrected chi connectivity index (χ0v) is 19.7. The topological polar surface area (TPSA) is 66.8 Å². The maximum absolute atomic E-state index is 12.9. The molecule has 0 aliphatic carbocycles. The van der Waals surface area contributed by atoms with Gasteiger partial charge in [-0.15, -0.1) is 0 Å². The lowest BCUT2D eigenvalue weighted by Gasteiger charge is -2.32. The van der Waals surface area contributed by atoms with Crippen LogP contribution in [-0.2, 0) is 0 Å². The van der Waals surface area contributed by atoms with Gasteiger partial charge in [0.25, 0.3) is 5.91 Å². The quantitative estimate of drug-likeness (QED) is 0.443. The Balaban J connectivity index is 1.30. The van der Waals surface area contributed by atoms with E-state index in [1.807, 2.05) is 47.4 Å². The normalized spacial score (nSPS) is 15.1. The van der Waals surface area contributed by atoms with Gasteiger partial charge in [-0.2, -0.15) is 0 Å². The second-order valence-electron chi connectivity index (χ2n) is 8.56. The monoisotopic (exact) mass is 477 g/mol. The van der Waals surface area contributed by atoms with Crippen LogP contribution in [-0.4, -0.2) is 47.5 Å². The SMILES string of the molecule is O=C(C[C@H](CO)c1ccccc1)c1ccc(C(=O)N2CCC(Oc3ccc(Cl)cc3)CC2)cc1. The predicted octanol–water partition coefficient (Wildman–Crippen LogP) is 5.37. The molecule has 1 aliphatic heterocycles. The number of ketones is 1. The molecular weight excluding hydrogens is 450 g/mol. The molecule has 1 aliphatic rings. The van der Waals surface area contributed by atoms with E-state index >= 15 is 0 Å². The summed E-state index contributed by atoms with van der Waals surface area (Å²) in [5.41, 5.74) is 2.05. The molecule has 0 aromatic heterocycles. The van der Waals surface area contributed by atoms with E-state index in [9.17, 15) is 14.7 Å². The lowest BCUT2D eigenvalue weighted by Crippen LogP contribution is -2.41. The Labute approximate surface area is 204 Å². The fraction of sp³-hybridized carbons (Fsp3) is 0.286. The summed E-state index contributed by atoms with van der Waals surface area (Å²) in [6.45, 7) is 1.14. The predicted molar refractivity (Wildman–Crippen MR) is 133 cm³/mol. The Morgan fingerprint density at radius 2 is 1.53 bits per heavy atom. The van der Waals surface area contributed by atoms with Gasteiger partial charge in [0, 0.05) is 54.4 Å². The minimum atomic E-state index is -0.244. The highest BCUT2D eigenvalue weighted by atomic mass is 35.5. The number of likely N-dealkylation sites (tertiary alicyclic amines) is 1. The van der Waals surface area contributed by atoms with Crippen molar-refractivity contribution in [2.75, 3.05) is 19.7 Å². The number of halogens is 1. The first-order valence-electron chi connectivity index (χ1n) is 11.5. The van der Waals surface area contributed by atoms with Crippen LogP contribution < -0.4 is 4.74 Å². The summed E-state index contributed by atoms with van der Waals surface area (Å²) in [6.07, 6.45) is 1.80. The Bertz CT molecular complexity index is 1090. The summed E-state index contributed by atoms with van der Waals surface area (Å²) in [5.74, 6) is 0.444. The van der Waals surface area contributed by atoms with Crippen molar-refractivity contribution in [2.45, 2.75) is 31.3 Å². The zero-order valence-electron chi connectivity index (χ0n) is 18.9. The molecule has 0 spiro atoms. The van der Waals surface area contributed by atoms with Crippen LogP contribution in [0.3, 0.4) is 0 Å². The van der Waals surface area contributed by atoms with E-state index < -0.39 is 0 Å². The first kappa shape index (κ1) is 24.0. The van der Waals surface area contributed by atoms with Crippen LogP contribution >= 0.6 is 11.6 Å². The number of carbonyl (C=O) groups excluding carboxylic acids is 2. The van der Waals surface area contributed by atoms with Gasteiger partial charge >= 0.3 is 0 Å². The minimum absolute atomic E-state index is 0.0403. The molecule has 1 heterocycles. The van der Waals surface area contributed by atoms with Crippen LogP contribution in [0.4, 0.5) is 0 Å². The van der Waals surface area contributed by atoms with Crippen molar-refractivity contribution in [3.05, 3.63) is 101 Å². The summed E-state index contributed by atoms with van der Waals surface area (Å²) in [7, 11) is 0. The van der Waals surface area contributed by atoms with E-state index in [1.54, 1.807) is 36.4 Å². The Kier molecular flexibility index (Phi) is 7.99. The summed E-state index contributed by atoms with van der Waals surface area (Å²) < 4.78 is 6.01. The van der Waals surface area contributed by atoms with Crippen LogP contribution in [0.5, 0.6) is 5.75 Å². The van der Waals surface area contributed by atoms with Crippen molar-refractivity contribution in [3.8, 4) is 5.75 Å². The highest BCUT2D eigenvalue weighted by molar-refractivity contribution is 6.30. The molecule has 5 nitrogen and oxygen atoms in total. The fourth-order valence-corrected chi connectivity index (χ4v) is 4.34. The number of aliphatic hydroxyl groups excluding tert-OH is 1. The number of hydrogen-bond donors (Lipinski definition) is 1. The first-order valence-corrected chi connectivity index (χ1v) is 11.9. The van der Waals surface area contributed by atoms with Crippen LogP contribution in [0.2, 0.25) is 5.02 Å². The van der Waals surface area contributed by atoms with Crippen LogP contribution in [0.1, 0.15) is 51.5 Å². The first-order chi connectivity index (χ1) is 16.5. The van der Waals surface area contributed by atoms with Gasteiger partial charge in [0.2, 0.25) is 0 Å². The highest BCUT2D eigenvalue weighted by Crippen LogP contribution is 2.24. The third-order valence-electron chi connectivity index (χ3n) is 6.22. The number of ether oxygens (including phenoxy) is 1. The molecule has 0 bridgehead atoms. The molecule has 1 saturated heterocycles. The molecule has 0 saturated carbocycles. The van der Waals surface area contributed by atoms with Crippen LogP contribution in [0, 0.1) is 0 Å². The number of piperidine rings is 1. The average molecular weight is 478 g/mol. The molecule has 3 aromatic carbocycles. The molecule has 0 unspecified atom stereocenters. The fourth-order valence-electron chi connectivity index (χ4n) is 4.22. The third kappa shape index (κ3) is 6.04. The van der Waals surface area contributed by atoms with Crippen molar-refractivity contribution in [3.63, 3.8) is 0 Å². The molecule has 1 N–H and O–H groups in total. The van der Waals surface area contributed by atoms with Crippen molar-refractivity contribution >= 4 is 23.3 Å². The van der Waals surface area contributed by atoms with Gasteiger partial charge in [-0.3, -0.25) is 9.59 Å². The highest BCUT2D eigenvalue weighted by Gasteiger charge is 2.25. The smallest absolute Gasteiger partial charge is 0.253 e. The van der Waals surface area contributed by atoms with Crippen molar-refractivity contribution in [2.24, 2.45) is 0 Å². The van der Waals surface area contributed by atoms with E-state index in [4.69, 9.17) is 16.3 Å². The summed E-state index contributed by atoms with van der Waals surface area (Å²) >= 11 is 5.92. The van der Waals surface area contributed by atoms with E-state index in [0.717, 1.165) is 24.2 Å². The summed E-state index contributed by atoms with van der Waals surface area (Å²) in [5, 5.41) is 10.4. The van der Waals surface area contributed by atoms with Crippen molar-refractivity contribution in [1.29, 1.82) is 0 Å². The van der Waals surface area contributed by atoms with Gasteiger partial charge in [-0.05, 0) is 42.0 Å². The summed E-state index contributed by atoms with van der Waals surface area (Å²) in [6, 6.07) is 23.7. The molecule has 1 amide bonds. The van der Waals surface area contributed by atoms with E-state index in [-0.39, 0.29) is 36.7 Å². The number of Topliss-reactive ketones (excluding diaryl/α,β-unsaturated/α-hetero) is 1. The molecule has 34 heavy (non-hydrogen) atoms. The Morgan fingerprint density at radius 3 is 2.15 bits per heavy atom.